The molecule has 1 atom stereocenters. The highest BCUT2D eigenvalue weighted by Crippen LogP contribution is 2.19. The van der Waals surface area contributed by atoms with Gasteiger partial charge in [0.2, 0.25) is 0 Å². The summed E-state index contributed by atoms with van der Waals surface area (Å²) < 4.78 is 14.4. The van der Waals surface area contributed by atoms with Gasteiger partial charge < -0.3 is 5.32 Å². The number of rotatable bonds is 4. The van der Waals surface area contributed by atoms with E-state index >= 15 is 0 Å². The Morgan fingerprint density at radius 1 is 1.50 bits per heavy atom. The van der Waals surface area contributed by atoms with Crippen molar-refractivity contribution >= 4 is 27.3 Å². The second-order valence-electron chi connectivity index (χ2n) is 4.17. The predicted molar refractivity (Wildman–Crippen MR) is 76.2 cm³/mol. The normalized spacial score (nSPS) is 12.7. The fraction of sp³-hybridized carbons (Fsp3) is 0.308. The number of aryl methyl sites for hydroxylation is 1. The highest BCUT2D eigenvalue weighted by Gasteiger charge is 2.10. The van der Waals surface area contributed by atoms with Crippen LogP contribution in [0.4, 0.5) is 4.39 Å². The van der Waals surface area contributed by atoms with Gasteiger partial charge in [-0.3, -0.25) is 0 Å². The molecule has 5 heteroatoms. The van der Waals surface area contributed by atoms with E-state index in [2.05, 4.69) is 26.2 Å². The number of hydrogen-bond donors (Lipinski definition) is 1. The van der Waals surface area contributed by atoms with E-state index in [9.17, 15) is 4.39 Å². The number of aromatic nitrogens is 1. The number of thiazole rings is 1. The molecule has 0 saturated carbocycles. The molecule has 0 bridgehead atoms. The van der Waals surface area contributed by atoms with Gasteiger partial charge in [-0.05, 0) is 26.0 Å². The first-order valence-corrected chi connectivity index (χ1v) is 7.33. The molecule has 1 aromatic carbocycles. The Morgan fingerprint density at radius 2 is 2.28 bits per heavy atom. The number of nitrogens with zero attached hydrogens (tertiary/aromatic N) is 1. The summed E-state index contributed by atoms with van der Waals surface area (Å²) in [5.41, 5.74) is 1.69. The highest BCUT2D eigenvalue weighted by atomic mass is 79.9. The van der Waals surface area contributed by atoms with Gasteiger partial charge in [-0.2, -0.15) is 0 Å². The third-order valence-electron chi connectivity index (χ3n) is 2.62. The van der Waals surface area contributed by atoms with E-state index in [0.29, 0.717) is 12.1 Å². The molecular weight excluding hydrogens is 315 g/mol. The van der Waals surface area contributed by atoms with E-state index in [0.717, 1.165) is 15.2 Å². The van der Waals surface area contributed by atoms with Gasteiger partial charge in [-0.1, -0.05) is 22.0 Å². The summed E-state index contributed by atoms with van der Waals surface area (Å²) in [6, 6.07) is 5.24. The van der Waals surface area contributed by atoms with E-state index < -0.39 is 0 Å². The van der Waals surface area contributed by atoms with Crippen LogP contribution in [0.2, 0.25) is 0 Å². The first kappa shape index (κ1) is 13.6. The molecule has 96 valence electrons. The van der Waals surface area contributed by atoms with Gasteiger partial charge in [0.15, 0.2) is 0 Å². The van der Waals surface area contributed by atoms with Gasteiger partial charge in [0, 0.05) is 27.7 Å². The van der Waals surface area contributed by atoms with Crippen LogP contribution in [0.3, 0.4) is 0 Å². The predicted octanol–water partition coefficient (Wildman–Crippen LogP) is 4.20. The topological polar surface area (TPSA) is 24.9 Å². The molecule has 1 aromatic heterocycles. The summed E-state index contributed by atoms with van der Waals surface area (Å²) in [7, 11) is 0. The maximum atomic E-state index is 13.6. The molecule has 2 aromatic rings. The molecule has 0 spiro atoms. The van der Waals surface area contributed by atoms with Crippen molar-refractivity contribution in [1.82, 2.24) is 10.3 Å². The van der Waals surface area contributed by atoms with Crippen LogP contribution in [0, 0.1) is 12.7 Å². The van der Waals surface area contributed by atoms with Crippen molar-refractivity contribution in [3.05, 3.63) is 50.1 Å². The van der Waals surface area contributed by atoms with Crippen molar-refractivity contribution in [2.24, 2.45) is 0 Å². The number of hydrogen-bond acceptors (Lipinski definition) is 3. The standard InChI is InChI=1S/C13H14BrFN2S/c1-8-7-18-13(17-8)9(2)16-6-10-3-4-11(14)5-12(10)15/h3-5,7,9,16H,6H2,1-2H3. The quantitative estimate of drug-likeness (QED) is 0.909. The highest BCUT2D eigenvalue weighted by molar-refractivity contribution is 9.10. The SMILES string of the molecule is Cc1csc(C(C)NCc2ccc(Br)cc2F)n1. The van der Waals surface area contributed by atoms with Gasteiger partial charge in [-0.15, -0.1) is 11.3 Å². The van der Waals surface area contributed by atoms with Gasteiger partial charge in [0.05, 0.1) is 6.04 Å². The lowest BCUT2D eigenvalue weighted by Crippen LogP contribution is -2.18. The van der Waals surface area contributed by atoms with Crippen molar-refractivity contribution < 1.29 is 4.39 Å². The lowest BCUT2D eigenvalue weighted by Gasteiger charge is -2.11. The lowest BCUT2D eigenvalue weighted by molar-refractivity contribution is 0.542. The molecule has 1 heterocycles. The molecule has 0 amide bonds. The first-order valence-electron chi connectivity index (χ1n) is 5.65. The minimum atomic E-state index is -0.195. The zero-order chi connectivity index (χ0) is 13.1. The van der Waals surface area contributed by atoms with Crippen LogP contribution in [0.5, 0.6) is 0 Å². The van der Waals surface area contributed by atoms with Gasteiger partial charge in [0.25, 0.3) is 0 Å². The molecule has 2 rings (SSSR count). The third-order valence-corrected chi connectivity index (χ3v) is 4.26. The first-order chi connectivity index (χ1) is 8.56. The van der Waals surface area contributed by atoms with E-state index in [1.54, 1.807) is 17.4 Å². The number of benzene rings is 1. The van der Waals surface area contributed by atoms with E-state index in [1.807, 2.05) is 25.3 Å². The summed E-state index contributed by atoms with van der Waals surface area (Å²) in [4.78, 5) is 4.41. The van der Waals surface area contributed by atoms with Gasteiger partial charge >= 0.3 is 0 Å². The van der Waals surface area contributed by atoms with Gasteiger partial charge in [0.1, 0.15) is 10.8 Å². The smallest absolute Gasteiger partial charge is 0.128 e. The van der Waals surface area contributed by atoms with E-state index in [-0.39, 0.29) is 11.9 Å². The van der Waals surface area contributed by atoms with Crippen LogP contribution in [-0.2, 0) is 6.54 Å². The van der Waals surface area contributed by atoms with Crippen molar-refractivity contribution in [3.8, 4) is 0 Å². The van der Waals surface area contributed by atoms with Crippen LogP contribution in [0.25, 0.3) is 0 Å². The Kier molecular flexibility index (Phi) is 4.48. The molecule has 0 aliphatic carbocycles. The molecule has 0 radical (unpaired) electrons. The Labute approximate surface area is 118 Å². The van der Waals surface area contributed by atoms with E-state index in [1.165, 1.54) is 6.07 Å². The average Bonchev–Trinajstić information content (AvgIpc) is 2.74. The third kappa shape index (κ3) is 3.37. The molecule has 0 aliphatic heterocycles. The average molecular weight is 329 g/mol. The molecule has 1 N–H and O–H groups in total. The summed E-state index contributed by atoms with van der Waals surface area (Å²) in [5, 5.41) is 6.34. The van der Waals surface area contributed by atoms with Crippen LogP contribution in [0.1, 0.15) is 29.2 Å². The maximum Gasteiger partial charge on any atom is 0.128 e. The van der Waals surface area contributed by atoms with Crippen molar-refractivity contribution in [2.75, 3.05) is 0 Å². The van der Waals surface area contributed by atoms with Crippen molar-refractivity contribution in [3.63, 3.8) is 0 Å². The molecule has 0 aliphatic rings. The number of nitrogens with one attached hydrogen (secondary N) is 1. The molecule has 1 unspecified atom stereocenters. The minimum Gasteiger partial charge on any atom is -0.304 e. The fourth-order valence-electron chi connectivity index (χ4n) is 1.59. The molecule has 0 fully saturated rings. The Bertz CT molecular complexity index is 542. The summed E-state index contributed by atoms with van der Waals surface area (Å²) in [5.74, 6) is -0.195. The van der Waals surface area contributed by atoms with Crippen molar-refractivity contribution in [1.29, 1.82) is 0 Å². The van der Waals surface area contributed by atoms with Crippen LogP contribution in [0.15, 0.2) is 28.1 Å². The Hall–Kier alpha value is -0.780. The van der Waals surface area contributed by atoms with Crippen LogP contribution in [-0.4, -0.2) is 4.98 Å². The van der Waals surface area contributed by atoms with Crippen LogP contribution < -0.4 is 5.32 Å². The summed E-state index contributed by atoms with van der Waals surface area (Å²) in [6.45, 7) is 4.51. The monoisotopic (exact) mass is 328 g/mol. The summed E-state index contributed by atoms with van der Waals surface area (Å²) in [6.07, 6.45) is 0. The molecule has 0 saturated heterocycles. The Balaban J connectivity index is 1.99. The number of halogens is 2. The Morgan fingerprint density at radius 3 is 2.89 bits per heavy atom. The minimum absolute atomic E-state index is 0.131. The zero-order valence-electron chi connectivity index (χ0n) is 10.2. The largest absolute Gasteiger partial charge is 0.304 e. The molecule has 18 heavy (non-hydrogen) atoms. The molecular formula is C13H14BrFN2S. The van der Waals surface area contributed by atoms with Crippen LogP contribution >= 0.6 is 27.3 Å². The van der Waals surface area contributed by atoms with E-state index in [4.69, 9.17) is 0 Å². The lowest BCUT2D eigenvalue weighted by atomic mass is 10.2. The second kappa shape index (κ2) is 5.91. The maximum absolute atomic E-state index is 13.6. The van der Waals surface area contributed by atoms with Gasteiger partial charge in [-0.25, -0.2) is 9.37 Å². The fourth-order valence-corrected chi connectivity index (χ4v) is 2.75. The second-order valence-corrected chi connectivity index (χ2v) is 5.97. The van der Waals surface area contributed by atoms with Crippen molar-refractivity contribution in [2.45, 2.75) is 26.4 Å². The summed E-state index contributed by atoms with van der Waals surface area (Å²) >= 11 is 4.87. The zero-order valence-corrected chi connectivity index (χ0v) is 12.6. The molecule has 2 nitrogen and oxygen atoms in total.